The van der Waals surface area contributed by atoms with Gasteiger partial charge in [-0.25, -0.2) is 18.2 Å². The van der Waals surface area contributed by atoms with Crippen molar-refractivity contribution in [2.75, 3.05) is 0 Å². The number of aromatic nitrogens is 1. The number of rotatable bonds is 2. The van der Waals surface area contributed by atoms with Crippen LogP contribution in [0.1, 0.15) is 12.8 Å². The minimum absolute atomic E-state index is 0.143. The maximum atomic E-state index is 13.9. The van der Waals surface area contributed by atoms with Gasteiger partial charge < -0.3 is 9.84 Å². The Morgan fingerprint density at radius 3 is 2.80 bits per heavy atom. The zero-order valence-corrected chi connectivity index (χ0v) is 12.3. The first kappa shape index (κ1) is 14.1. The van der Waals surface area contributed by atoms with Crippen molar-refractivity contribution in [2.45, 2.75) is 31.0 Å². The van der Waals surface area contributed by atoms with Crippen LogP contribution in [0.3, 0.4) is 0 Å². The molecule has 20 heavy (non-hydrogen) atoms. The van der Waals surface area contributed by atoms with Gasteiger partial charge in [-0.05, 0) is 15.9 Å². The quantitative estimate of drug-likeness (QED) is 0.879. The molecule has 8 heteroatoms. The highest BCUT2D eigenvalue weighted by Crippen LogP contribution is 2.38. The molecule has 0 saturated heterocycles. The number of hydrogen-bond donors (Lipinski definition) is 1. The van der Waals surface area contributed by atoms with Gasteiger partial charge in [-0.2, -0.15) is 0 Å². The molecule has 1 N–H and O–H groups in total. The van der Waals surface area contributed by atoms with Gasteiger partial charge in [-0.3, -0.25) is 0 Å². The fourth-order valence-electron chi connectivity index (χ4n) is 2.23. The molecule has 0 amide bonds. The molecular weight excluding hydrogens is 359 g/mol. The van der Waals surface area contributed by atoms with Gasteiger partial charge in [0.05, 0.1) is 22.7 Å². The van der Waals surface area contributed by atoms with Gasteiger partial charge in [0.15, 0.2) is 15.5 Å². The summed E-state index contributed by atoms with van der Waals surface area (Å²) in [5.41, 5.74) is 0.462. The van der Waals surface area contributed by atoms with Gasteiger partial charge in [-0.1, -0.05) is 0 Å². The molecule has 1 aliphatic carbocycles. The van der Waals surface area contributed by atoms with E-state index in [2.05, 4.69) is 20.9 Å². The molecular formula is C12H9BrF3NO2S. The Morgan fingerprint density at radius 1 is 1.40 bits per heavy atom. The van der Waals surface area contributed by atoms with E-state index in [4.69, 9.17) is 4.74 Å². The number of hydrogen-bond acceptors (Lipinski definition) is 4. The molecule has 1 aromatic carbocycles. The predicted molar refractivity (Wildman–Crippen MR) is 71.9 cm³/mol. The average Bonchev–Trinajstić information content (AvgIpc) is 2.78. The van der Waals surface area contributed by atoms with E-state index in [1.165, 1.54) is 23.5 Å². The summed E-state index contributed by atoms with van der Waals surface area (Å²) in [6.07, 6.45) is -3.67. The standard InChI is InChI=1S/C12H9BrF3NO2S/c13-11-17-6-1-5(14)8(2-10(6)20-11)19-9-4-12(15,16)3-7(9)18/h1-2,7,9,18H,3-4H2/t7-,9+/m0/s1. The molecule has 1 saturated carbocycles. The highest BCUT2D eigenvalue weighted by Gasteiger charge is 2.47. The monoisotopic (exact) mass is 367 g/mol. The van der Waals surface area contributed by atoms with Crippen LogP contribution < -0.4 is 4.74 Å². The molecule has 108 valence electrons. The topological polar surface area (TPSA) is 42.4 Å². The number of nitrogens with zero attached hydrogens (tertiary/aromatic N) is 1. The molecule has 2 aromatic rings. The van der Waals surface area contributed by atoms with E-state index in [1.54, 1.807) is 0 Å². The maximum absolute atomic E-state index is 13.9. The molecule has 1 fully saturated rings. The molecule has 0 aliphatic heterocycles. The van der Waals surface area contributed by atoms with Crippen LogP contribution in [0, 0.1) is 5.82 Å². The summed E-state index contributed by atoms with van der Waals surface area (Å²) in [5.74, 6) is -3.80. The van der Waals surface area contributed by atoms with Crippen molar-refractivity contribution in [2.24, 2.45) is 0 Å². The van der Waals surface area contributed by atoms with Crippen LogP contribution in [0.25, 0.3) is 10.2 Å². The first-order valence-electron chi connectivity index (χ1n) is 5.82. The Morgan fingerprint density at radius 2 is 2.15 bits per heavy atom. The third-order valence-electron chi connectivity index (χ3n) is 3.13. The van der Waals surface area contributed by atoms with E-state index in [9.17, 15) is 18.3 Å². The van der Waals surface area contributed by atoms with E-state index in [0.29, 0.717) is 14.1 Å². The van der Waals surface area contributed by atoms with Crippen LogP contribution in [0.15, 0.2) is 16.0 Å². The van der Waals surface area contributed by atoms with Gasteiger partial charge in [0.1, 0.15) is 6.10 Å². The van der Waals surface area contributed by atoms with E-state index < -0.39 is 36.8 Å². The maximum Gasteiger partial charge on any atom is 0.254 e. The lowest BCUT2D eigenvalue weighted by Gasteiger charge is -2.17. The summed E-state index contributed by atoms with van der Waals surface area (Å²) in [6, 6.07) is 2.60. The third-order valence-corrected chi connectivity index (χ3v) is 4.60. The number of ether oxygens (including phenoxy) is 1. The minimum Gasteiger partial charge on any atom is -0.484 e. The number of aliphatic hydroxyl groups excluding tert-OH is 1. The molecule has 0 bridgehead atoms. The van der Waals surface area contributed by atoms with Gasteiger partial charge in [0, 0.05) is 18.6 Å². The smallest absolute Gasteiger partial charge is 0.254 e. The summed E-state index contributed by atoms with van der Waals surface area (Å²) in [7, 11) is 0. The number of aliphatic hydroxyl groups is 1. The van der Waals surface area contributed by atoms with Crippen molar-refractivity contribution in [1.29, 1.82) is 0 Å². The highest BCUT2D eigenvalue weighted by atomic mass is 79.9. The summed E-state index contributed by atoms with van der Waals surface area (Å²) >= 11 is 4.47. The molecule has 1 aliphatic rings. The van der Waals surface area contributed by atoms with Crippen molar-refractivity contribution in [3.63, 3.8) is 0 Å². The van der Waals surface area contributed by atoms with E-state index in [-0.39, 0.29) is 5.75 Å². The Hall–Kier alpha value is -0.860. The number of benzene rings is 1. The lowest BCUT2D eigenvalue weighted by Crippen LogP contribution is -2.26. The zero-order chi connectivity index (χ0) is 14.5. The molecule has 3 rings (SSSR count). The normalized spacial score (nSPS) is 25.2. The fraction of sp³-hybridized carbons (Fsp3) is 0.417. The van der Waals surface area contributed by atoms with Crippen molar-refractivity contribution in [3.05, 3.63) is 21.9 Å². The lowest BCUT2D eigenvalue weighted by molar-refractivity contribution is -0.00491. The second-order valence-electron chi connectivity index (χ2n) is 4.71. The zero-order valence-electron chi connectivity index (χ0n) is 9.95. The molecule has 2 atom stereocenters. The van der Waals surface area contributed by atoms with Crippen molar-refractivity contribution in [1.82, 2.24) is 4.98 Å². The third kappa shape index (κ3) is 2.64. The van der Waals surface area contributed by atoms with Crippen LogP contribution in [-0.2, 0) is 0 Å². The number of alkyl halides is 2. The summed E-state index contributed by atoms with van der Waals surface area (Å²) in [5, 5.41) is 9.55. The second kappa shape index (κ2) is 4.85. The van der Waals surface area contributed by atoms with Crippen molar-refractivity contribution < 1.29 is 23.0 Å². The Balaban J connectivity index is 1.89. The fourth-order valence-corrected chi connectivity index (χ4v) is 3.64. The van der Waals surface area contributed by atoms with Gasteiger partial charge in [0.2, 0.25) is 0 Å². The first-order chi connectivity index (χ1) is 9.34. The average molecular weight is 368 g/mol. The van der Waals surface area contributed by atoms with Crippen LogP contribution >= 0.6 is 27.3 Å². The highest BCUT2D eigenvalue weighted by molar-refractivity contribution is 9.11. The molecule has 1 aromatic heterocycles. The van der Waals surface area contributed by atoms with Crippen LogP contribution in [0.5, 0.6) is 5.75 Å². The van der Waals surface area contributed by atoms with Crippen LogP contribution in [0.2, 0.25) is 0 Å². The molecule has 0 unspecified atom stereocenters. The van der Waals surface area contributed by atoms with Gasteiger partial charge in [0.25, 0.3) is 5.92 Å². The minimum atomic E-state index is -2.97. The van der Waals surface area contributed by atoms with Crippen LogP contribution in [-0.4, -0.2) is 28.2 Å². The van der Waals surface area contributed by atoms with Gasteiger partial charge >= 0.3 is 0 Å². The largest absolute Gasteiger partial charge is 0.484 e. The predicted octanol–water partition coefficient (Wildman–Crippen LogP) is 3.74. The number of halogens is 4. The molecule has 0 spiro atoms. The molecule has 0 radical (unpaired) electrons. The van der Waals surface area contributed by atoms with E-state index >= 15 is 0 Å². The Labute approximate surface area is 124 Å². The van der Waals surface area contributed by atoms with Crippen molar-refractivity contribution >= 4 is 37.5 Å². The summed E-state index contributed by atoms with van der Waals surface area (Å²) < 4.78 is 46.7. The summed E-state index contributed by atoms with van der Waals surface area (Å²) in [4.78, 5) is 4.06. The SMILES string of the molecule is O[C@H]1CC(F)(F)C[C@H]1Oc1cc2sc(Br)nc2cc1F. The first-order valence-corrected chi connectivity index (χ1v) is 7.43. The van der Waals surface area contributed by atoms with Crippen LogP contribution in [0.4, 0.5) is 13.2 Å². The molecule has 3 nitrogen and oxygen atoms in total. The van der Waals surface area contributed by atoms with E-state index in [1.807, 2.05) is 0 Å². The number of fused-ring (bicyclic) bond motifs is 1. The molecule has 1 heterocycles. The number of thiazole rings is 1. The lowest BCUT2D eigenvalue weighted by atomic mass is 10.2. The second-order valence-corrected chi connectivity index (χ2v) is 7.01. The van der Waals surface area contributed by atoms with Gasteiger partial charge in [-0.15, -0.1) is 11.3 Å². The Kier molecular flexibility index (Phi) is 3.42. The van der Waals surface area contributed by atoms with E-state index in [0.717, 1.165) is 0 Å². The van der Waals surface area contributed by atoms with Crippen molar-refractivity contribution in [3.8, 4) is 5.75 Å². The Bertz CT molecular complexity index is 663. The summed E-state index contributed by atoms with van der Waals surface area (Å²) in [6.45, 7) is 0.